The van der Waals surface area contributed by atoms with E-state index < -0.39 is 9.84 Å². The zero-order valence-corrected chi connectivity index (χ0v) is 11.4. The zero-order chi connectivity index (χ0) is 13.4. The number of rotatable bonds is 8. The van der Waals surface area contributed by atoms with Gasteiger partial charge in [-0.1, -0.05) is 17.7 Å². The third-order valence-corrected chi connectivity index (χ3v) is 4.26. The van der Waals surface area contributed by atoms with Gasteiger partial charge in [-0.15, -0.1) is 0 Å². The standard InChI is InChI=1S/C13H20O4S/c1-12-4-6-13(7-5-12)17-9-2-3-10-18(15,16)11-8-14/h4-7,14H,2-3,8-11H2,1H3. The van der Waals surface area contributed by atoms with E-state index in [4.69, 9.17) is 9.84 Å². The Balaban J connectivity index is 2.18. The molecule has 0 spiro atoms. The van der Waals surface area contributed by atoms with Gasteiger partial charge in [0.1, 0.15) is 5.75 Å². The molecule has 1 aromatic carbocycles. The number of aliphatic hydroxyl groups excluding tert-OH is 1. The summed E-state index contributed by atoms with van der Waals surface area (Å²) in [6, 6.07) is 7.75. The third-order valence-electron chi connectivity index (χ3n) is 2.54. The van der Waals surface area contributed by atoms with E-state index in [2.05, 4.69) is 0 Å². The van der Waals surface area contributed by atoms with Gasteiger partial charge in [0.2, 0.25) is 0 Å². The van der Waals surface area contributed by atoms with E-state index in [1.54, 1.807) is 0 Å². The predicted molar refractivity (Wildman–Crippen MR) is 71.6 cm³/mol. The van der Waals surface area contributed by atoms with Crippen LogP contribution in [0.25, 0.3) is 0 Å². The molecular formula is C13H20O4S. The smallest absolute Gasteiger partial charge is 0.152 e. The molecule has 1 rings (SSSR count). The van der Waals surface area contributed by atoms with Gasteiger partial charge in [-0.3, -0.25) is 0 Å². The summed E-state index contributed by atoms with van der Waals surface area (Å²) in [5, 5.41) is 8.57. The summed E-state index contributed by atoms with van der Waals surface area (Å²) in [6.07, 6.45) is 1.26. The van der Waals surface area contributed by atoms with Crippen LogP contribution in [0.1, 0.15) is 18.4 Å². The van der Waals surface area contributed by atoms with Crippen LogP contribution in [-0.4, -0.2) is 38.2 Å². The maximum absolute atomic E-state index is 11.3. The van der Waals surface area contributed by atoms with E-state index in [0.717, 1.165) is 5.75 Å². The minimum atomic E-state index is -3.09. The average Bonchev–Trinajstić information content (AvgIpc) is 2.31. The van der Waals surface area contributed by atoms with Crippen LogP contribution in [0, 0.1) is 6.92 Å². The molecular weight excluding hydrogens is 252 g/mol. The minimum Gasteiger partial charge on any atom is -0.494 e. The van der Waals surface area contributed by atoms with Crippen molar-refractivity contribution in [1.29, 1.82) is 0 Å². The Morgan fingerprint density at radius 1 is 1.11 bits per heavy atom. The molecule has 0 aliphatic rings. The first-order chi connectivity index (χ1) is 8.53. The number of aryl methyl sites for hydroxylation is 1. The van der Waals surface area contributed by atoms with Crippen molar-refractivity contribution in [3.63, 3.8) is 0 Å². The number of aliphatic hydroxyl groups is 1. The fourth-order valence-electron chi connectivity index (χ4n) is 1.49. The average molecular weight is 272 g/mol. The largest absolute Gasteiger partial charge is 0.494 e. The highest BCUT2D eigenvalue weighted by Crippen LogP contribution is 2.11. The number of benzene rings is 1. The second kappa shape index (κ2) is 7.38. The van der Waals surface area contributed by atoms with Crippen LogP contribution in [0.4, 0.5) is 0 Å². The SMILES string of the molecule is Cc1ccc(OCCCCS(=O)(=O)CCO)cc1. The Hall–Kier alpha value is -1.07. The molecule has 0 atom stereocenters. The Morgan fingerprint density at radius 3 is 2.39 bits per heavy atom. The van der Waals surface area contributed by atoms with Gasteiger partial charge in [-0.2, -0.15) is 0 Å². The normalized spacial score (nSPS) is 11.4. The number of unbranched alkanes of at least 4 members (excludes halogenated alkanes) is 1. The first kappa shape index (κ1) is 15.0. The van der Waals surface area contributed by atoms with Crippen molar-refractivity contribution in [3.05, 3.63) is 29.8 Å². The molecule has 5 heteroatoms. The molecule has 0 aliphatic carbocycles. The molecule has 0 bridgehead atoms. The molecule has 0 aromatic heterocycles. The number of hydrogen-bond acceptors (Lipinski definition) is 4. The van der Waals surface area contributed by atoms with Gasteiger partial charge in [0.05, 0.1) is 24.7 Å². The minimum absolute atomic E-state index is 0.116. The maximum Gasteiger partial charge on any atom is 0.152 e. The fourth-order valence-corrected chi connectivity index (χ4v) is 2.62. The van der Waals surface area contributed by atoms with Crippen LogP contribution in [0.15, 0.2) is 24.3 Å². The highest BCUT2D eigenvalue weighted by Gasteiger charge is 2.08. The molecule has 1 N–H and O–H groups in total. The summed E-state index contributed by atoms with van der Waals surface area (Å²) in [6.45, 7) is 2.22. The van der Waals surface area contributed by atoms with Gasteiger partial charge < -0.3 is 9.84 Å². The monoisotopic (exact) mass is 272 g/mol. The second-order valence-corrected chi connectivity index (χ2v) is 6.55. The van der Waals surface area contributed by atoms with E-state index in [0.29, 0.717) is 19.4 Å². The Kier molecular flexibility index (Phi) is 6.15. The van der Waals surface area contributed by atoms with Crippen molar-refractivity contribution in [2.75, 3.05) is 24.7 Å². The molecule has 1 aromatic rings. The molecule has 0 amide bonds. The lowest BCUT2D eigenvalue weighted by molar-refractivity contribution is 0.309. The molecule has 0 unspecified atom stereocenters. The lowest BCUT2D eigenvalue weighted by Gasteiger charge is -2.06. The van der Waals surface area contributed by atoms with Crippen molar-refractivity contribution >= 4 is 9.84 Å². The first-order valence-electron chi connectivity index (χ1n) is 6.04. The molecule has 18 heavy (non-hydrogen) atoms. The summed E-state index contributed by atoms with van der Waals surface area (Å²) >= 11 is 0. The van der Waals surface area contributed by atoms with Gasteiger partial charge in [0.15, 0.2) is 9.84 Å². The molecule has 0 fully saturated rings. The molecule has 102 valence electrons. The number of ether oxygens (including phenoxy) is 1. The second-order valence-electron chi connectivity index (χ2n) is 4.24. The van der Waals surface area contributed by atoms with E-state index in [1.165, 1.54) is 5.56 Å². The Bertz CT molecular complexity index is 437. The number of hydrogen-bond donors (Lipinski definition) is 1. The Labute approximate surface area is 109 Å². The summed E-state index contributed by atoms with van der Waals surface area (Å²) in [5.74, 6) is 0.773. The van der Waals surface area contributed by atoms with Crippen molar-refractivity contribution in [1.82, 2.24) is 0 Å². The van der Waals surface area contributed by atoms with Crippen molar-refractivity contribution in [2.24, 2.45) is 0 Å². The van der Waals surface area contributed by atoms with Crippen molar-refractivity contribution < 1.29 is 18.3 Å². The lowest BCUT2D eigenvalue weighted by Crippen LogP contribution is -2.14. The number of sulfone groups is 1. The maximum atomic E-state index is 11.3. The van der Waals surface area contributed by atoms with Gasteiger partial charge in [-0.25, -0.2) is 8.42 Å². The topological polar surface area (TPSA) is 63.6 Å². The Morgan fingerprint density at radius 2 is 1.78 bits per heavy atom. The fraction of sp³-hybridized carbons (Fsp3) is 0.538. The highest BCUT2D eigenvalue weighted by atomic mass is 32.2. The first-order valence-corrected chi connectivity index (χ1v) is 7.86. The van der Waals surface area contributed by atoms with Crippen molar-refractivity contribution in [2.45, 2.75) is 19.8 Å². The molecule has 0 radical (unpaired) electrons. The van der Waals surface area contributed by atoms with E-state index in [1.807, 2.05) is 31.2 Å². The predicted octanol–water partition coefficient (Wildman–Crippen LogP) is 1.56. The third kappa shape index (κ3) is 6.02. The van der Waals surface area contributed by atoms with Gasteiger partial charge in [0.25, 0.3) is 0 Å². The summed E-state index contributed by atoms with van der Waals surface area (Å²) < 4.78 is 28.1. The molecule has 4 nitrogen and oxygen atoms in total. The van der Waals surface area contributed by atoms with E-state index >= 15 is 0 Å². The van der Waals surface area contributed by atoms with Gasteiger partial charge in [0, 0.05) is 0 Å². The summed E-state index contributed by atoms with van der Waals surface area (Å²) in [4.78, 5) is 0. The summed E-state index contributed by atoms with van der Waals surface area (Å²) in [7, 11) is -3.09. The highest BCUT2D eigenvalue weighted by molar-refractivity contribution is 7.91. The van der Waals surface area contributed by atoms with Crippen LogP contribution < -0.4 is 4.74 Å². The van der Waals surface area contributed by atoms with E-state index in [9.17, 15) is 8.42 Å². The van der Waals surface area contributed by atoms with Crippen molar-refractivity contribution in [3.8, 4) is 5.75 Å². The summed E-state index contributed by atoms with van der Waals surface area (Å²) in [5.41, 5.74) is 1.18. The lowest BCUT2D eigenvalue weighted by atomic mass is 10.2. The van der Waals surface area contributed by atoms with E-state index in [-0.39, 0.29) is 18.1 Å². The molecule has 0 saturated carbocycles. The molecule has 0 saturated heterocycles. The van der Waals surface area contributed by atoms with Gasteiger partial charge >= 0.3 is 0 Å². The van der Waals surface area contributed by atoms with Crippen LogP contribution in [0.5, 0.6) is 5.75 Å². The molecule has 0 heterocycles. The zero-order valence-electron chi connectivity index (χ0n) is 10.6. The quantitative estimate of drug-likeness (QED) is 0.729. The van der Waals surface area contributed by atoms with Crippen LogP contribution in [-0.2, 0) is 9.84 Å². The molecule has 0 aliphatic heterocycles. The van der Waals surface area contributed by atoms with Crippen LogP contribution in [0.2, 0.25) is 0 Å². The van der Waals surface area contributed by atoms with Crippen LogP contribution >= 0.6 is 0 Å². The van der Waals surface area contributed by atoms with Gasteiger partial charge in [-0.05, 0) is 31.9 Å². The van der Waals surface area contributed by atoms with Crippen LogP contribution in [0.3, 0.4) is 0 Å².